The number of imide groups is 1. The zero-order valence-corrected chi connectivity index (χ0v) is 13.1. The second-order valence-corrected chi connectivity index (χ2v) is 6.00. The molecule has 1 aliphatic carbocycles. The van der Waals surface area contributed by atoms with Crippen LogP contribution >= 0.6 is 0 Å². The molecule has 2 aliphatic rings. The van der Waals surface area contributed by atoms with E-state index in [4.69, 9.17) is 0 Å². The molecule has 132 valence electrons. The summed E-state index contributed by atoms with van der Waals surface area (Å²) >= 11 is 0. The fourth-order valence-electron chi connectivity index (χ4n) is 3.14. The van der Waals surface area contributed by atoms with Crippen molar-refractivity contribution in [3.05, 3.63) is 41.7 Å². The standard InChI is InChI=1S/C17H15F3N2O3/c18-11-5-6-12(15(20)14(11)19)21-13(23)7-8-22-16(24)9-3-1-2-4-10(9)17(22)25/h1-2,5-6,9-10H,3-4,7-8H2,(H,21,23)/t9-,10-/m0/s1. The molecule has 1 N–H and O–H groups in total. The summed E-state index contributed by atoms with van der Waals surface area (Å²) in [6, 6.07) is 1.59. The number of halogens is 3. The van der Waals surface area contributed by atoms with Gasteiger partial charge in [-0.2, -0.15) is 0 Å². The summed E-state index contributed by atoms with van der Waals surface area (Å²) in [6.45, 7) is -0.137. The van der Waals surface area contributed by atoms with Crippen LogP contribution in [0.5, 0.6) is 0 Å². The first-order valence-corrected chi connectivity index (χ1v) is 7.83. The van der Waals surface area contributed by atoms with Crippen molar-refractivity contribution in [3.8, 4) is 0 Å². The molecule has 0 aromatic heterocycles. The average molecular weight is 352 g/mol. The number of likely N-dealkylation sites (tertiary alicyclic amines) is 1. The molecule has 1 saturated heterocycles. The first-order valence-electron chi connectivity index (χ1n) is 7.83. The van der Waals surface area contributed by atoms with Gasteiger partial charge < -0.3 is 5.32 Å². The Morgan fingerprint density at radius 3 is 2.24 bits per heavy atom. The van der Waals surface area contributed by atoms with Gasteiger partial charge in [0.1, 0.15) is 0 Å². The van der Waals surface area contributed by atoms with E-state index in [1.807, 2.05) is 12.2 Å². The maximum atomic E-state index is 13.5. The quantitative estimate of drug-likeness (QED) is 0.514. The van der Waals surface area contributed by atoms with Crippen molar-refractivity contribution >= 4 is 23.4 Å². The molecule has 0 unspecified atom stereocenters. The molecule has 3 rings (SSSR count). The molecule has 1 fully saturated rings. The van der Waals surface area contributed by atoms with E-state index in [0.717, 1.165) is 11.0 Å². The summed E-state index contributed by atoms with van der Waals surface area (Å²) in [7, 11) is 0. The number of allylic oxidation sites excluding steroid dienone is 2. The van der Waals surface area contributed by atoms with Gasteiger partial charge in [0.25, 0.3) is 0 Å². The van der Waals surface area contributed by atoms with Crippen molar-refractivity contribution < 1.29 is 27.6 Å². The lowest BCUT2D eigenvalue weighted by Gasteiger charge is -2.14. The van der Waals surface area contributed by atoms with Crippen LogP contribution in [0.3, 0.4) is 0 Å². The number of carbonyl (C=O) groups is 3. The van der Waals surface area contributed by atoms with Crippen molar-refractivity contribution in [2.45, 2.75) is 19.3 Å². The molecule has 5 nitrogen and oxygen atoms in total. The van der Waals surface area contributed by atoms with Gasteiger partial charge in [-0.15, -0.1) is 0 Å². The van der Waals surface area contributed by atoms with Gasteiger partial charge in [0.2, 0.25) is 17.7 Å². The van der Waals surface area contributed by atoms with Crippen LogP contribution in [0, 0.1) is 29.3 Å². The smallest absolute Gasteiger partial charge is 0.233 e. The van der Waals surface area contributed by atoms with Crippen LogP contribution < -0.4 is 5.32 Å². The van der Waals surface area contributed by atoms with Crippen LogP contribution in [0.1, 0.15) is 19.3 Å². The van der Waals surface area contributed by atoms with Gasteiger partial charge in [-0.25, -0.2) is 13.2 Å². The Morgan fingerprint density at radius 2 is 1.64 bits per heavy atom. The summed E-state index contributed by atoms with van der Waals surface area (Å²) < 4.78 is 39.5. The first-order chi connectivity index (χ1) is 11.9. The maximum Gasteiger partial charge on any atom is 0.233 e. The highest BCUT2D eigenvalue weighted by Crippen LogP contribution is 2.35. The van der Waals surface area contributed by atoms with Crippen molar-refractivity contribution in [1.82, 2.24) is 4.90 Å². The second kappa shape index (κ2) is 6.70. The Hall–Kier alpha value is -2.64. The van der Waals surface area contributed by atoms with Crippen LogP contribution in [0.15, 0.2) is 24.3 Å². The Kier molecular flexibility index (Phi) is 4.61. The third-order valence-corrected chi connectivity index (χ3v) is 4.47. The Morgan fingerprint density at radius 1 is 1.04 bits per heavy atom. The van der Waals surface area contributed by atoms with Crippen molar-refractivity contribution in [2.75, 3.05) is 11.9 Å². The van der Waals surface area contributed by atoms with Crippen molar-refractivity contribution in [3.63, 3.8) is 0 Å². The number of hydrogen-bond donors (Lipinski definition) is 1. The number of benzene rings is 1. The summed E-state index contributed by atoms with van der Waals surface area (Å²) in [4.78, 5) is 37.4. The van der Waals surface area contributed by atoms with Gasteiger partial charge in [0.15, 0.2) is 17.5 Å². The number of amides is 3. The Bertz CT molecular complexity index is 753. The number of hydrogen-bond acceptors (Lipinski definition) is 3. The lowest BCUT2D eigenvalue weighted by Crippen LogP contribution is -2.34. The third kappa shape index (κ3) is 3.16. The van der Waals surface area contributed by atoms with E-state index >= 15 is 0 Å². The lowest BCUT2D eigenvalue weighted by atomic mass is 9.85. The molecule has 3 amide bonds. The van der Waals surface area contributed by atoms with Crippen LogP contribution in [0.2, 0.25) is 0 Å². The first kappa shape index (κ1) is 17.2. The minimum absolute atomic E-state index is 0.137. The molecule has 2 atom stereocenters. The van der Waals surface area contributed by atoms with Crippen molar-refractivity contribution in [2.24, 2.45) is 11.8 Å². The molecule has 1 aromatic rings. The zero-order valence-electron chi connectivity index (χ0n) is 13.1. The molecule has 1 heterocycles. The van der Waals surface area contributed by atoms with Gasteiger partial charge >= 0.3 is 0 Å². The van der Waals surface area contributed by atoms with Crippen LogP contribution in [0.25, 0.3) is 0 Å². The molecule has 1 aromatic carbocycles. The topological polar surface area (TPSA) is 66.5 Å². The number of carbonyl (C=O) groups excluding carboxylic acids is 3. The van der Waals surface area contributed by atoms with E-state index in [9.17, 15) is 27.6 Å². The summed E-state index contributed by atoms with van der Waals surface area (Å²) in [6.07, 6.45) is 4.45. The molecular weight excluding hydrogens is 337 g/mol. The predicted molar refractivity (Wildman–Crippen MR) is 81.6 cm³/mol. The van der Waals surface area contributed by atoms with Crippen LogP contribution in [0.4, 0.5) is 18.9 Å². The lowest BCUT2D eigenvalue weighted by molar-refractivity contribution is -0.140. The van der Waals surface area contributed by atoms with E-state index in [2.05, 4.69) is 5.32 Å². The van der Waals surface area contributed by atoms with Gasteiger partial charge in [0.05, 0.1) is 17.5 Å². The second-order valence-electron chi connectivity index (χ2n) is 6.00. The fraction of sp³-hybridized carbons (Fsp3) is 0.353. The Labute approximate surface area is 141 Å². The van der Waals surface area contributed by atoms with E-state index in [-0.39, 0.29) is 36.6 Å². The summed E-state index contributed by atoms with van der Waals surface area (Å²) in [5.41, 5.74) is -0.499. The van der Waals surface area contributed by atoms with Crippen LogP contribution in [-0.2, 0) is 14.4 Å². The fourth-order valence-corrected chi connectivity index (χ4v) is 3.14. The van der Waals surface area contributed by atoms with Gasteiger partial charge in [-0.3, -0.25) is 19.3 Å². The molecule has 0 saturated carbocycles. The number of fused-ring (bicyclic) bond motifs is 1. The molecule has 25 heavy (non-hydrogen) atoms. The molecule has 0 spiro atoms. The minimum atomic E-state index is -1.68. The van der Waals surface area contributed by atoms with Gasteiger partial charge in [0, 0.05) is 13.0 Å². The average Bonchev–Trinajstić information content (AvgIpc) is 2.85. The third-order valence-electron chi connectivity index (χ3n) is 4.47. The number of nitrogens with one attached hydrogen (secondary N) is 1. The van der Waals surface area contributed by atoms with Gasteiger partial charge in [-0.1, -0.05) is 12.2 Å². The molecule has 1 aliphatic heterocycles. The SMILES string of the molecule is O=C(CCN1C(=O)[C@H]2CC=CC[C@@H]2C1=O)Nc1ccc(F)c(F)c1F. The Balaban J connectivity index is 1.61. The van der Waals surface area contributed by atoms with E-state index in [1.54, 1.807) is 0 Å². The minimum Gasteiger partial charge on any atom is -0.323 e. The highest BCUT2D eigenvalue weighted by molar-refractivity contribution is 6.05. The number of anilines is 1. The van der Waals surface area contributed by atoms with Gasteiger partial charge in [-0.05, 0) is 25.0 Å². The number of rotatable bonds is 4. The predicted octanol–water partition coefficient (Wildman–Crippen LogP) is 2.38. The maximum absolute atomic E-state index is 13.5. The van der Waals surface area contributed by atoms with E-state index in [0.29, 0.717) is 18.9 Å². The molecule has 8 heteroatoms. The normalized spacial score (nSPS) is 22.3. The van der Waals surface area contributed by atoms with E-state index < -0.39 is 29.0 Å². The highest BCUT2D eigenvalue weighted by atomic mass is 19.2. The largest absolute Gasteiger partial charge is 0.323 e. The van der Waals surface area contributed by atoms with Crippen LogP contribution in [-0.4, -0.2) is 29.2 Å². The monoisotopic (exact) mass is 352 g/mol. The van der Waals surface area contributed by atoms with Crippen molar-refractivity contribution in [1.29, 1.82) is 0 Å². The molecule has 0 radical (unpaired) electrons. The zero-order chi connectivity index (χ0) is 18.1. The van der Waals surface area contributed by atoms with E-state index in [1.165, 1.54) is 0 Å². The summed E-state index contributed by atoms with van der Waals surface area (Å²) in [5, 5.41) is 2.11. The molecular formula is C17H15F3N2O3. The molecule has 0 bridgehead atoms. The summed E-state index contributed by atoms with van der Waals surface area (Å²) in [5.74, 6) is -6.65. The number of nitrogens with zero attached hydrogens (tertiary/aromatic N) is 1. The highest BCUT2D eigenvalue weighted by Gasteiger charge is 2.46.